The highest BCUT2D eigenvalue weighted by Gasteiger charge is 2.32. The molecule has 9 rings (SSSR count). The van der Waals surface area contributed by atoms with Gasteiger partial charge in [0.1, 0.15) is 34.7 Å². The van der Waals surface area contributed by atoms with Crippen molar-refractivity contribution in [3.63, 3.8) is 0 Å². The number of rotatable bonds is 12. The van der Waals surface area contributed by atoms with Gasteiger partial charge in [0.05, 0.1) is 0 Å². The summed E-state index contributed by atoms with van der Waals surface area (Å²) >= 11 is 0. The monoisotopic (exact) mass is 1080 g/mol. The molecule has 0 unspecified atom stereocenters. The quantitative estimate of drug-likeness (QED) is 0.114. The summed E-state index contributed by atoms with van der Waals surface area (Å²) in [6.45, 7) is 5.84. The lowest BCUT2D eigenvalue weighted by atomic mass is 9.98. The fraction of sp³-hybridized carbons (Fsp3) is 0.143. The first kappa shape index (κ1) is 57.2. The molecular formula is C63H48F12O3. The van der Waals surface area contributed by atoms with Crippen molar-refractivity contribution in [2.75, 3.05) is 0 Å². The van der Waals surface area contributed by atoms with E-state index in [-0.39, 0.29) is 34.7 Å². The molecule has 3 nitrogen and oxygen atoms in total. The van der Waals surface area contributed by atoms with Crippen LogP contribution >= 0.6 is 0 Å². The number of hydrogen-bond donors (Lipinski definition) is 0. The molecule has 402 valence electrons. The lowest BCUT2D eigenvalue weighted by molar-refractivity contribution is -0.275. The van der Waals surface area contributed by atoms with Crippen LogP contribution < -0.4 is 14.2 Å². The van der Waals surface area contributed by atoms with Crippen molar-refractivity contribution in [2.45, 2.75) is 59.1 Å². The molecule has 0 saturated carbocycles. The average molecular weight is 1080 g/mol. The molecular weight excluding hydrogens is 1030 g/mol. The summed E-state index contributed by atoms with van der Waals surface area (Å²) in [6, 6.07) is 53.9. The van der Waals surface area contributed by atoms with Crippen LogP contribution in [0.25, 0.3) is 66.8 Å². The Morgan fingerprint density at radius 1 is 0.308 bits per heavy atom. The van der Waals surface area contributed by atoms with Crippen LogP contribution in [0.4, 0.5) is 52.7 Å². The normalized spacial score (nSPS) is 11.4. The largest absolute Gasteiger partial charge is 0.573 e. The van der Waals surface area contributed by atoms with Crippen molar-refractivity contribution in [1.29, 1.82) is 0 Å². The molecule has 0 fully saturated rings. The van der Waals surface area contributed by atoms with Crippen LogP contribution in [-0.4, -0.2) is 19.1 Å². The van der Waals surface area contributed by atoms with Crippen LogP contribution in [0, 0.1) is 24.4 Å². The van der Waals surface area contributed by atoms with Crippen LogP contribution in [0.15, 0.2) is 200 Å². The molecule has 9 aromatic rings. The van der Waals surface area contributed by atoms with Gasteiger partial charge in [-0.2, -0.15) is 0 Å². The van der Waals surface area contributed by atoms with Gasteiger partial charge >= 0.3 is 19.1 Å². The maximum absolute atomic E-state index is 14.4. The van der Waals surface area contributed by atoms with Crippen molar-refractivity contribution in [3.05, 3.63) is 234 Å². The number of aryl methyl sites for hydroxylation is 3. The molecule has 0 atom stereocenters. The fourth-order valence-corrected chi connectivity index (χ4v) is 8.18. The maximum Gasteiger partial charge on any atom is 0.573 e. The van der Waals surface area contributed by atoms with Crippen molar-refractivity contribution in [2.24, 2.45) is 0 Å². The molecule has 0 saturated heterocycles. The molecule has 9 aromatic carbocycles. The minimum Gasteiger partial charge on any atom is -0.406 e. The second kappa shape index (κ2) is 25.1. The zero-order valence-electron chi connectivity index (χ0n) is 41.9. The Labute approximate surface area is 443 Å². The van der Waals surface area contributed by atoms with Gasteiger partial charge in [0.25, 0.3) is 0 Å². The Balaban J connectivity index is 0.000000170. The van der Waals surface area contributed by atoms with Crippen molar-refractivity contribution >= 4 is 0 Å². The summed E-state index contributed by atoms with van der Waals surface area (Å²) < 4.78 is 164. The van der Waals surface area contributed by atoms with Crippen molar-refractivity contribution < 1.29 is 66.9 Å². The zero-order chi connectivity index (χ0) is 56.2. The smallest absolute Gasteiger partial charge is 0.406 e. The lowest BCUT2D eigenvalue weighted by Crippen LogP contribution is -2.16. The number of benzene rings is 9. The van der Waals surface area contributed by atoms with Crippen LogP contribution in [0.3, 0.4) is 0 Å². The first-order valence-electron chi connectivity index (χ1n) is 24.3. The highest BCUT2D eigenvalue weighted by Crippen LogP contribution is 2.34. The summed E-state index contributed by atoms with van der Waals surface area (Å²) in [5.74, 6) is -1.63. The van der Waals surface area contributed by atoms with Gasteiger partial charge in [-0.25, -0.2) is 13.2 Å². The average Bonchev–Trinajstić information content (AvgIpc) is 3.42. The maximum atomic E-state index is 14.4. The molecule has 0 N–H and O–H groups in total. The van der Waals surface area contributed by atoms with E-state index in [1.807, 2.05) is 63.2 Å². The van der Waals surface area contributed by atoms with E-state index in [9.17, 15) is 52.7 Å². The molecule has 0 bridgehead atoms. The first-order chi connectivity index (χ1) is 37.0. The summed E-state index contributed by atoms with van der Waals surface area (Å²) in [4.78, 5) is 0. The van der Waals surface area contributed by atoms with E-state index < -0.39 is 19.1 Å². The molecule has 0 aliphatic rings. The van der Waals surface area contributed by atoms with Gasteiger partial charge in [-0.15, -0.1) is 39.5 Å². The highest BCUT2D eigenvalue weighted by molar-refractivity contribution is 5.74. The van der Waals surface area contributed by atoms with Gasteiger partial charge in [-0.1, -0.05) is 166 Å². The fourth-order valence-electron chi connectivity index (χ4n) is 8.18. The molecule has 78 heavy (non-hydrogen) atoms. The summed E-state index contributed by atoms with van der Waals surface area (Å²) in [5.41, 5.74) is 11.2. The first-order valence-corrected chi connectivity index (χ1v) is 24.3. The van der Waals surface area contributed by atoms with E-state index in [4.69, 9.17) is 0 Å². The second-order valence-electron chi connectivity index (χ2n) is 17.7. The van der Waals surface area contributed by atoms with Gasteiger partial charge in [-0.05, 0) is 141 Å². The number of hydrogen-bond acceptors (Lipinski definition) is 3. The highest BCUT2D eigenvalue weighted by atomic mass is 19.4. The van der Waals surface area contributed by atoms with Gasteiger partial charge < -0.3 is 14.2 Å². The van der Waals surface area contributed by atoms with Gasteiger partial charge in [0.15, 0.2) is 0 Å². The van der Waals surface area contributed by atoms with E-state index in [1.54, 1.807) is 109 Å². The molecule has 0 radical (unpaired) electrons. The Morgan fingerprint density at radius 2 is 0.564 bits per heavy atom. The predicted molar refractivity (Wildman–Crippen MR) is 280 cm³/mol. The molecule has 0 heterocycles. The molecule has 0 aromatic heterocycles. The third-order valence-electron chi connectivity index (χ3n) is 12.0. The van der Waals surface area contributed by atoms with E-state index in [1.165, 1.54) is 48.5 Å². The summed E-state index contributed by atoms with van der Waals surface area (Å²) in [7, 11) is 0. The number of ether oxygens (including phenoxy) is 3. The molecule has 15 heteroatoms. The van der Waals surface area contributed by atoms with Crippen LogP contribution in [0.5, 0.6) is 17.2 Å². The lowest BCUT2D eigenvalue weighted by Gasteiger charge is -2.10. The minimum absolute atomic E-state index is 0.262. The third-order valence-corrected chi connectivity index (χ3v) is 12.0. The Hall–Kier alpha value is -8.46. The SMILES string of the molecule is CCCc1ccc(-c2ccc(-c3ccc(OC(F)(F)F)cc3)cc2)c(F)c1.CCc1ccc(-c2ccc(-c3ccc(OC(F)(F)F)cc3)cc2)c(F)c1.Cc1ccc(-c2ccc(-c3ccc(OC(F)(F)F)cc3)cc2)c(F)c1. The van der Waals surface area contributed by atoms with Gasteiger partial charge in [0.2, 0.25) is 0 Å². The van der Waals surface area contributed by atoms with Crippen LogP contribution in [0.1, 0.15) is 37.0 Å². The topological polar surface area (TPSA) is 27.7 Å². The second-order valence-corrected chi connectivity index (χ2v) is 17.7. The van der Waals surface area contributed by atoms with Crippen molar-refractivity contribution in [3.8, 4) is 84.0 Å². The van der Waals surface area contributed by atoms with E-state index >= 15 is 0 Å². The summed E-state index contributed by atoms with van der Waals surface area (Å²) in [5, 5.41) is 0. The Kier molecular flexibility index (Phi) is 18.4. The zero-order valence-corrected chi connectivity index (χ0v) is 41.9. The van der Waals surface area contributed by atoms with Gasteiger partial charge in [0, 0.05) is 16.7 Å². The minimum atomic E-state index is -4.71. The van der Waals surface area contributed by atoms with Gasteiger partial charge in [-0.3, -0.25) is 0 Å². The van der Waals surface area contributed by atoms with Crippen LogP contribution in [-0.2, 0) is 12.8 Å². The van der Waals surface area contributed by atoms with Crippen molar-refractivity contribution in [1.82, 2.24) is 0 Å². The number of alkyl halides is 9. The molecule has 0 spiro atoms. The Morgan fingerprint density at radius 3 is 0.833 bits per heavy atom. The third kappa shape index (κ3) is 16.5. The number of halogens is 12. The van der Waals surface area contributed by atoms with E-state index in [2.05, 4.69) is 14.2 Å². The van der Waals surface area contributed by atoms with E-state index in [0.717, 1.165) is 86.0 Å². The van der Waals surface area contributed by atoms with Crippen LogP contribution in [0.2, 0.25) is 0 Å². The summed E-state index contributed by atoms with van der Waals surface area (Å²) in [6.07, 6.45) is -11.6. The standard InChI is InChI=1S/C22H18F4O.C21H16F4O.C20H14F4O/c1-2-3-15-4-13-20(21(23)14-15)18-7-5-16(6-8-18)17-9-11-19(12-10-17)27-22(24,25)26;1-2-14-3-12-19(20(22)13-14)17-6-4-15(5-7-17)16-8-10-18(11-9-16)26-21(23,24)25;1-13-2-11-18(19(21)12-13)16-5-3-14(4-6-16)15-7-9-17(10-8-15)25-20(22,23)24/h4-14H,2-3H2,1H3;3-13H,2H2,1H3;2-12H,1H3. The molecule has 0 aliphatic carbocycles. The molecule has 0 amide bonds. The van der Waals surface area contributed by atoms with E-state index in [0.29, 0.717) is 16.7 Å². The molecule has 0 aliphatic heterocycles. The Bertz CT molecular complexity index is 3370. The predicted octanol–water partition coefficient (Wildman–Crippen LogP) is 20.0.